The van der Waals surface area contributed by atoms with Crippen molar-refractivity contribution in [2.75, 3.05) is 30.8 Å². The second kappa shape index (κ2) is 7.00. The van der Waals surface area contributed by atoms with Gasteiger partial charge in [0.1, 0.15) is 5.82 Å². The minimum Gasteiger partial charge on any atom is -0.370 e. The average Bonchev–Trinajstić information content (AvgIpc) is 3.45. The van der Waals surface area contributed by atoms with Gasteiger partial charge in [0.15, 0.2) is 0 Å². The van der Waals surface area contributed by atoms with Crippen molar-refractivity contribution in [3.8, 4) is 0 Å². The Balaban J connectivity index is 1.55. The maximum absolute atomic E-state index is 4.75. The van der Waals surface area contributed by atoms with Gasteiger partial charge in [-0.1, -0.05) is 13.0 Å². The first-order valence-electron chi connectivity index (χ1n) is 9.41. The maximum Gasteiger partial charge on any atom is 0.229 e. The van der Waals surface area contributed by atoms with Crippen LogP contribution in [0.25, 0.3) is 0 Å². The van der Waals surface area contributed by atoms with Crippen molar-refractivity contribution in [2.24, 2.45) is 0 Å². The zero-order valence-electron chi connectivity index (χ0n) is 15.2. The molecule has 1 saturated carbocycles. The fourth-order valence-corrected chi connectivity index (χ4v) is 3.43. The van der Waals surface area contributed by atoms with Crippen LogP contribution in [0.3, 0.4) is 0 Å². The molecule has 2 aromatic rings. The van der Waals surface area contributed by atoms with Gasteiger partial charge in [-0.25, -0.2) is 4.98 Å². The van der Waals surface area contributed by atoms with Gasteiger partial charge in [0.25, 0.3) is 0 Å². The monoisotopic (exact) mass is 337 g/mol. The Hall–Kier alpha value is -2.14. The second-order valence-corrected chi connectivity index (χ2v) is 7.29. The third-order valence-corrected chi connectivity index (χ3v) is 5.04. The van der Waals surface area contributed by atoms with Gasteiger partial charge >= 0.3 is 0 Å². The Morgan fingerprint density at radius 2 is 2.12 bits per heavy atom. The molecular formula is C20H27N5. The molecule has 1 fully saturated rings. The van der Waals surface area contributed by atoms with Gasteiger partial charge in [0, 0.05) is 37.1 Å². The number of rotatable bonds is 6. The van der Waals surface area contributed by atoms with Crippen LogP contribution in [0.4, 0.5) is 17.5 Å². The van der Waals surface area contributed by atoms with E-state index in [0.29, 0.717) is 11.9 Å². The summed E-state index contributed by atoms with van der Waals surface area (Å²) in [6.07, 6.45) is 6.74. The molecule has 1 aliphatic heterocycles. The number of hydrogen-bond acceptors (Lipinski definition) is 5. The first kappa shape index (κ1) is 16.3. The van der Waals surface area contributed by atoms with Crippen LogP contribution in [0.15, 0.2) is 24.4 Å². The van der Waals surface area contributed by atoms with Crippen LogP contribution in [-0.4, -0.2) is 35.0 Å². The van der Waals surface area contributed by atoms with Gasteiger partial charge in [-0.15, -0.1) is 0 Å². The van der Waals surface area contributed by atoms with E-state index in [9.17, 15) is 0 Å². The number of likely N-dealkylation sites (N-methyl/N-ethyl adjacent to an activating group) is 1. The highest BCUT2D eigenvalue weighted by atomic mass is 15.1. The first-order chi connectivity index (χ1) is 12.2. The predicted octanol–water partition coefficient (Wildman–Crippen LogP) is 3.91. The highest BCUT2D eigenvalue weighted by Crippen LogP contribution is 2.42. The van der Waals surface area contributed by atoms with E-state index in [2.05, 4.69) is 52.7 Å². The molecule has 1 aromatic heterocycles. The molecular weight excluding hydrogens is 310 g/mol. The summed E-state index contributed by atoms with van der Waals surface area (Å²) in [5.74, 6) is 2.32. The average molecular weight is 337 g/mol. The molecule has 5 nitrogen and oxygen atoms in total. The van der Waals surface area contributed by atoms with Gasteiger partial charge in [0.05, 0.1) is 0 Å². The molecule has 0 amide bonds. The van der Waals surface area contributed by atoms with Crippen LogP contribution in [-0.2, 0) is 13.0 Å². The molecule has 132 valence electrons. The number of anilines is 3. The first-order valence-corrected chi connectivity index (χ1v) is 9.41. The third kappa shape index (κ3) is 3.76. The molecule has 0 bridgehead atoms. The molecule has 5 heteroatoms. The summed E-state index contributed by atoms with van der Waals surface area (Å²) in [5, 5.41) is 6.86. The lowest BCUT2D eigenvalue weighted by atomic mass is 9.99. The summed E-state index contributed by atoms with van der Waals surface area (Å²) in [6.45, 7) is 5.27. The van der Waals surface area contributed by atoms with E-state index in [-0.39, 0.29) is 0 Å². The maximum atomic E-state index is 4.75. The zero-order chi connectivity index (χ0) is 17.2. The quantitative estimate of drug-likeness (QED) is 0.837. The van der Waals surface area contributed by atoms with E-state index >= 15 is 0 Å². The minimum absolute atomic E-state index is 0.646. The summed E-state index contributed by atoms with van der Waals surface area (Å²) < 4.78 is 0. The lowest BCUT2D eigenvalue weighted by Crippen LogP contribution is -2.26. The highest BCUT2D eigenvalue weighted by Gasteiger charge is 2.27. The molecule has 1 aliphatic carbocycles. The molecule has 25 heavy (non-hydrogen) atoms. The fraction of sp³-hybridized carbons (Fsp3) is 0.500. The lowest BCUT2D eigenvalue weighted by molar-refractivity contribution is 0.313. The van der Waals surface area contributed by atoms with Crippen molar-refractivity contribution >= 4 is 17.5 Å². The van der Waals surface area contributed by atoms with Crippen molar-refractivity contribution in [3.63, 3.8) is 0 Å². The molecule has 2 aliphatic rings. The largest absolute Gasteiger partial charge is 0.370 e. The van der Waals surface area contributed by atoms with E-state index in [4.69, 9.17) is 4.98 Å². The molecule has 2 N–H and O–H groups in total. The number of benzene rings is 1. The minimum atomic E-state index is 0.646. The van der Waals surface area contributed by atoms with Crippen LogP contribution in [0.2, 0.25) is 0 Å². The van der Waals surface area contributed by atoms with Crippen LogP contribution < -0.4 is 10.6 Å². The van der Waals surface area contributed by atoms with E-state index in [1.165, 1.54) is 29.5 Å². The van der Waals surface area contributed by atoms with E-state index in [1.54, 1.807) is 0 Å². The normalized spacial score (nSPS) is 17.2. The third-order valence-electron chi connectivity index (χ3n) is 5.04. The number of nitrogens with zero attached hydrogens (tertiary/aromatic N) is 3. The van der Waals surface area contributed by atoms with Crippen molar-refractivity contribution in [1.29, 1.82) is 0 Å². The fourth-order valence-electron chi connectivity index (χ4n) is 3.43. The molecule has 0 spiro atoms. The molecule has 4 rings (SSSR count). The Morgan fingerprint density at radius 1 is 1.24 bits per heavy atom. The molecule has 0 radical (unpaired) electrons. The van der Waals surface area contributed by atoms with Crippen LogP contribution in [0, 0.1) is 0 Å². The molecule has 0 unspecified atom stereocenters. The van der Waals surface area contributed by atoms with E-state index < -0.39 is 0 Å². The zero-order valence-corrected chi connectivity index (χ0v) is 15.2. The Kier molecular flexibility index (Phi) is 4.57. The van der Waals surface area contributed by atoms with Gasteiger partial charge < -0.3 is 15.5 Å². The van der Waals surface area contributed by atoms with Gasteiger partial charge in [-0.05, 0) is 61.9 Å². The van der Waals surface area contributed by atoms with Crippen molar-refractivity contribution < 1.29 is 0 Å². The second-order valence-electron chi connectivity index (χ2n) is 7.29. The van der Waals surface area contributed by atoms with Gasteiger partial charge in [0.2, 0.25) is 5.95 Å². The van der Waals surface area contributed by atoms with Gasteiger partial charge in [-0.2, -0.15) is 4.98 Å². The Bertz CT molecular complexity index is 754. The molecule has 0 saturated heterocycles. The standard InChI is InChI=1S/C20H27N5/c1-3-9-21-19-18(15-4-5-15)12-22-20(24-19)23-17-7-6-14-8-10-25(2)13-16(14)11-17/h6-7,11-12,15H,3-5,8-10,13H2,1-2H3,(H2,21,22,23,24). The smallest absolute Gasteiger partial charge is 0.229 e. The number of fused-ring (bicyclic) bond motifs is 1. The Morgan fingerprint density at radius 3 is 2.92 bits per heavy atom. The highest BCUT2D eigenvalue weighted by molar-refractivity contribution is 5.59. The van der Waals surface area contributed by atoms with Crippen molar-refractivity contribution in [1.82, 2.24) is 14.9 Å². The van der Waals surface area contributed by atoms with Crippen LogP contribution in [0.5, 0.6) is 0 Å². The van der Waals surface area contributed by atoms with Crippen molar-refractivity contribution in [2.45, 2.75) is 45.1 Å². The summed E-state index contributed by atoms with van der Waals surface area (Å²) in [7, 11) is 2.18. The molecule has 0 atom stereocenters. The topological polar surface area (TPSA) is 53.1 Å². The van der Waals surface area contributed by atoms with Crippen LogP contribution in [0.1, 0.15) is 48.8 Å². The lowest BCUT2D eigenvalue weighted by Gasteiger charge is -2.25. The summed E-state index contributed by atoms with van der Waals surface area (Å²) in [6, 6.07) is 6.61. The molecule has 2 heterocycles. The van der Waals surface area contributed by atoms with Crippen molar-refractivity contribution in [3.05, 3.63) is 41.1 Å². The summed E-state index contributed by atoms with van der Waals surface area (Å²) in [4.78, 5) is 11.7. The van der Waals surface area contributed by atoms with Crippen LogP contribution >= 0.6 is 0 Å². The predicted molar refractivity (Wildman–Crippen MR) is 103 cm³/mol. The molecule has 1 aromatic carbocycles. The number of aromatic nitrogens is 2. The number of nitrogens with one attached hydrogen (secondary N) is 2. The van der Waals surface area contributed by atoms with E-state index in [0.717, 1.165) is 44.0 Å². The summed E-state index contributed by atoms with van der Waals surface area (Å²) in [5.41, 5.74) is 5.19. The van der Waals surface area contributed by atoms with E-state index in [1.807, 2.05) is 6.20 Å². The van der Waals surface area contributed by atoms with Gasteiger partial charge in [-0.3, -0.25) is 0 Å². The summed E-state index contributed by atoms with van der Waals surface area (Å²) >= 11 is 0. The SMILES string of the molecule is CCCNc1nc(Nc2ccc3c(c2)CN(C)CC3)ncc1C1CC1. The number of hydrogen-bond donors (Lipinski definition) is 2. The Labute approximate surface area is 149 Å².